The second-order valence-corrected chi connectivity index (χ2v) is 5.66. The molecule has 0 bridgehead atoms. The van der Waals surface area contributed by atoms with Gasteiger partial charge in [-0.3, -0.25) is 0 Å². The Hall–Kier alpha value is -0.468. The molecule has 0 N–H and O–H groups in total. The zero-order chi connectivity index (χ0) is 10.5. The fourth-order valence-corrected chi connectivity index (χ4v) is 3.50. The predicted octanol–water partition coefficient (Wildman–Crippen LogP) is 2.95. The molecule has 2 aromatic carbocycles. The Morgan fingerprint density at radius 3 is 1.44 bits per heavy atom. The molecule has 0 atom stereocenters. The van der Waals surface area contributed by atoms with E-state index in [9.17, 15) is 0 Å². The van der Waals surface area contributed by atoms with Crippen LogP contribution in [0.1, 0.15) is 0 Å². The Bertz CT molecular complexity index is 360. The third-order valence-corrected chi connectivity index (χ3v) is 4.65. The fourth-order valence-electron chi connectivity index (χ4n) is 1.62. The molecule has 0 fully saturated rings. The van der Waals surface area contributed by atoms with Crippen LogP contribution in [0.25, 0.3) is 0 Å². The van der Waals surface area contributed by atoms with Gasteiger partial charge in [-0.1, -0.05) is 68.6 Å². The normalized spacial score (nSPS) is 9.88. The van der Waals surface area contributed by atoms with Crippen LogP contribution < -0.4 is 10.6 Å². The van der Waals surface area contributed by atoms with Gasteiger partial charge in [0, 0.05) is 20.4 Å². The maximum atomic E-state index is 4.07. The monoisotopic (exact) mass is 319 g/mol. The molecule has 0 aliphatic heterocycles. The average molecular weight is 320 g/mol. The van der Waals surface area contributed by atoms with Crippen LogP contribution in [-0.4, -0.2) is 6.16 Å². The Balaban J connectivity index is 0.00000128. The van der Waals surface area contributed by atoms with E-state index < -0.39 is 0 Å². The van der Waals surface area contributed by atoms with E-state index in [0.717, 1.165) is 6.16 Å². The largest absolute Gasteiger partial charge is 0.339 e. The summed E-state index contributed by atoms with van der Waals surface area (Å²) in [5, 5.41) is 2.82. The van der Waals surface area contributed by atoms with Gasteiger partial charge in [0.05, 0.1) is 0 Å². The molecule has 0 heterocycles. The second kappa shape index (κ2) is 6.98. The molecule has 86 valence electrons. The van der Waals surface area contributed by atoms with Gasteiger partial charge in [-0.05, 0) is 10.6 Å². The minimum Gasteiger partial charge on any atom is -0.339 e. The van der Waals surface area contributed by atoms with Gasteiger partial charge >= 0.3 is 0 Å². The average Bonchev–Trinajstić information content (AvgIpc) is 2.33. The van der Waals surface area contributed by atoms with Crippen molar-refractivity contribution in [2.75, 3.05) is 6.16 Å². The van der Waals surface area contributed by atoms with Crippen molar-refractivity contribution in [1.82, 2.24) is 0 Å². The van der Waals surface area contributed by atoms with Crippen LogP contribution in [0, 0.1) is 6.92 Å². The van der Waals surface area contributed by atoms with Crippen molar-refractivity contribution in [2.45, 2.75) is 0 Å². The van der Waals surface area contributed by atoms with Crippen LogP contribution in [-0.2, 0) is 20.4 Å². The van der Waals surface area contributed by atoms with Gasteiger partial charge in [-0.25, -0.2) is 0 Å². The first-order valence-corrected chi connectivity index (χ1v) is 6.61. The van der Waals surface area contributed by atoms with Gasteiger partial charge in [-0.15, -0.1) is 0 Å². The minimum absolute atomic E-state index is 0. The van der Waals surface area contributed by atoms with Gasteiger partial charge in [-0.2, -0.15) is 6.16 Å². The SMILES string of the molecule is [CH2-]CP(c1ccccc1)c1ccccc1.[Pd]. The van der Waals surface area contributed by atoms with Gasteiger partial charge in [0.15, 0.2) is 0 Å². The summed E-state index contributed by atoms with van der Waals surface area (Å²) in [6.45, 7) is 4.07. The molecular formula is C14H14PPd-. The van der Waals surface area contributed by atoms with Crippen LogP contribution in [0.15, 0.2) is 60.7 Å². The van der Waals surface area contributed by atoms with Crippen molar-refractivity contribution in [2.24, 2.45) is 0 Å². The van der Waals surface area contributed by atoms with E-state index in [1.165, 1.54) is 10.6 Å². The number of hydrogen-bond donors (Lipinski definition) is 0. The van der Waals surface area contributed by atoms with Crippen molar-refractivity contribution in [3.05, 3.63) is 67.6 Å². The quantitative estimate of drug-likeness (QED) is 0.463. The third kappa shape index (κ3) is 3.26. The summed E-state index contributed by atoms with van der Waals surface area (Å²) in [4.78, 5) is 0. The van der Waals surface area contributed by atoms with Crippen LogP contribution in [0.3, 0.4) is 0 Å². The molecule has 0 saturated carbocycles. The van der Waals surface area contributed by atoms with Gasteiger partial charge in [0.2, 0.25) is 0 Å². The van der Waals surface area contributed by atoms with Crippen molar-refractivity contribution < 1.29 is 20.4 Å². The Kier molecular flexibility index (Phi) is 5.93. The molecule has 0 spiro atoms. The van der Waals surface area contributed by atoms with Gasteiger partial charge in [0.1, 0.15) is 0 Å². The topological polar surface area (TPSA) is 0 Å². The Morgan fingerprint density at radius 1 is 0.750 bits per heavy atom. The molecule has 2 heteroatoms. The van der Waals surface area contributed by atoms with Crippen LogP contribution in [0.2, 0.25) is 0 Å². The first kappa shape index (κ1) is 13.6. The summed E-state index contributed by atoms with van der Waals surface area (Å²) in [6, 6.07) is 21.3. The first-order chi connectivity index (χ1) is 7.42. The molecule has 0 unspecified atom stereocenters. The molecule has 0 nitrogen and oxygen atoms in total. The zero-order valence-electron chi connectivity index (χ0n) is 8.95. The summed E-state index contributed by atoms with van der Waals surface area (Å²) in [5.41, 5.74) is 0. The molecule has 0 aliphatic carbocycles. The standard InChI is InChI=1S/C14H14P.Pd/c1-2-15(13-9-5-3-6-10-13)14-11-7-4-8-12-14;/h3-12H,1-2H2;/q-1;. The summed E-state index contributed by atoms with van der Waals surface area (Å²) in [6.07, 6.45) is 0.962. The maximum absolute atomic E-state index is 4.07. The van der Waals surface area contributed by atoms with E-state index in [-0.39, 0.29) is 28.3 Å². The number of benzene rings is 2. The van der Waals surface area contributed by atoms with Gasteiger partial charge in [0.25, 0.3) is 0 Å². The molecule has 0 aromatic heterocycles. The smallest absolute Gasteiger partial charge is 0 e. The van der Waals surface area contributed by atoms with E-state index in [0.29, 0.717) is 0 Å². The van der Waals surface area contributed by atoms with Crippen molar-refractivity contribution in [3.63, 3.8) is 0 Å². The van der Waals surface area contributed by atoms with Gasteiger partial charge < -0.3 is 6.92 Å². The third-order valence-electron chi connectivity index (χ3n) is 2.36. The molecule has 0 saturated heterocycles. The predicted molar refractivity (Wildman–Crippen MR) is 69.3 cm³/mol. The van der Waals surface area contributed by atoms with Crippen LogP contribution >= 0.6 is 7.92 Å². The summed E-state index contributed by atoms with van der Waals surface area (Å²) >= 11 is 0. The van der Waals surface area contributed by atoms with Crippen LogP contribution in [0.5, 0.6) is 0 Å². The van der Waals surface area contributed by atoms with Crippen molar-refractivity contribution in [3.8, 4) is 0 Å². The van der Waals surface area contributed by atoms with Crippen molar-refractivity contribution in [1.29, 1.82) is 0 Å². The molecule has 0 amide bonds. The molecular weight excluding hydrogens is 306 g/mol. The van der Waals surface area contributed by atoms with E-state index in [2.05, 4.69) is 67.6 Å². The molecule has 0 radical (unpaired) electrons. The van der Waals surface area contributed by atoms with Crippen LogP contribution in [0.4, 0.5) is 0 Å². The van der Waals surface area contributed by atoms with E-state index in [1.54, 1.807) is 0 Å². The Morgan fingerprint density at radius 2 is 1.12 bits per heavy atom. The molecule has 2 aromatic rings. The molecule has 2 rings (SSSR count). The second-order valence-electron chi connectivity index (χ2n) is 3.32. The van der Waals surface area contributed by atoms with Crippen molar-refractivity contribution >= 4 is 18.5 Å². The number of rotatable bonds is 3. The van der Waals surface area contributed by atoms with E-state index in [1.807, 2.05) is 0 Å². The van der Waals surface area contributed by atoms with E-state index >= 15 is 0 Å². The molecule has 16 heavy (non-hydrogen) atoms. The Labute approximate surface area is 112 Å². The minimum atomic E-state index is -0.260. The summed E-state index contributed by atoms with van der Waals surface area (Å²) in [7, 11) is -0.260. The summed E-state index contributed by atoms with van der Waals surface area (Å²) < 4.78 is 0. The maximum Gasteiger partial charge on any atom is 0 e. The zero-order valence-corrected chi connectivity index (χ0v) is 11.4. The first-order valence-electron chi connectivity index (χ1n) is 5.08. The van der Waals surface area contributed by atoms with E-state index in [4.69, 9.17) is 0 Å². The molecule has 0 aliphatic rings. The summed E-state index contributed by atoms with van der Waals surface area (Å²) in [5.74, 6) is 0. The number of hydrogen-bond acceptors (Lipinski definition) is 0. The fraction of sp³-hybridized carbons (Fsp3) is 0.0714.